The number of alkyl halides is 3. The Morgan fingerprint density at radius 2 is 1.90 bits per heavy atom. The van der Waals surface area contributed by atoms with E-state index in [4.69, 9.17) is 0 Å². The van der Waals surface area contributed by atoms with E-state index in [1.54, 1.807) is 4.90 Å². The van der Waals surface area contributed by atoms with Gasteiger partial charge in [0, 0.05) is 32.4 Å². The van der Waals surface area contributed by atoms with Gasteiger partial charge in [-0.2, -0.15) is 13.2 Å². The van der Waals surface area contributed by atoms with Crippen LogP contribution in [0.2, 0.25) is 0 Å². The van der Waals surface area contributed by atoms with Crippen LogP contribution in [0.4, 0.5) is 13.2 Å². The Hall–Kier alpha value is -2.16. The minimum atomic E-state index is -4.61. The highest BCUT2D eigenvalue weighted by molar-refractivity contribution is 5.94. The van der Waals surface area contributed by atoms with Crippen LogP contribution in [-0.2, 0) is 6.18 Å². The quantitative estimate of drug-likeness (QED) is 0.846. The molecule has 1 aliphatic heterocycles. The lowest BCUT2D eigenvalue weighted by atomic mass is 10.2. The summed E-state index contributed by atoms with van der Waals surface area (Å²) < 4.78 is 39.2. The summed E-state index contributed by atoms with van der Waals surface area (Å²) in [5, 5.41) is 9.70. The predicted molar refractivity (Wildman–Crippen MR) is 66.8 cm³/mol. The van der Waals surface area contributed by atoms with E-state index >= 15 is 0 Å². The monoisotopic (exact) mass is 299 g/mol. The Labute approximate surface area is 117 Å². The number of fused-ring (bicyclic) bond motifs is 1. The van der Waals surface area contributed by atoms with Crippen molar-refractivity contribution in [3.63, 3.8) is 0 Å². The van der Waals surface area contributed by atoms with Gasteiger partial charge in [0.05, 0.1) is 5.56 Å². The molecule has 1 aliphatic rings. The molecule has 2 aromatic rings. The lowest BCUT2D eigenvalue weighted by Gasteiger charge is -2.27. The van der Waals surface area contributed by atoms with Crippen molar-refractivity contribution < 1.29 is 18.0 Å². The van der Waals surface area contributed by atoms with Crippen LogP contribution >= 0.6 is 0 Å². The molecule has 1 fully saturated rings. The van der Waals surface area contributed by atoms with Crippen molar-refractivity contribution in [1.29, 1.82) is 0 Å². The molecular weight excluding hydrogens is 287 g/mol. The van der Waals surface area contributed by atoms with E-state index in [2.05, 4.69) is 15.5 Å². The van der Waals surface area contributed by atoms with Crippen LogP contribution in [0, 0.1) is 0 Å². The summed E-state index contributed by atoms with van der Waals surface area (Å²) in [6.45, 7) is 2.42. The number of carbonyl (C=O) groups is 1. The van der Waals surface area contributed by atoms with Crippen LogP contribution < -0.4 is 5.32 Å². The average molecular weight is 299 g/mol. The summed E-state index contributed by atoms with van der Waals surface area (Å²) in [7, 11) is 0. The van der Waals surface area contributed by atoms with E-state index in [0.29, 0.717) is 26.2 Å². The molecular formula is C12H12F3N5O. The SMILES string of the molecule is O=C(c1ccc2nnc(C(F)(F)F)n2c1)N1CCNCC1. The predicted octanol–water partition coefficient (Wildman–Crippen LogP) is 0.793. The summed E-state index contributed by atoms with van der Waals surface area (Å²) in [5.41, 5.74) is 0.244. The summed E-state index contributed by atoms with van der Waals surface area (Å²) >= 11 is 0. The van der Waals surface area contributed by atoms with Crippen LogP contribution in [-0.4, -0.2) is 51.6 Å². The number of hydrogen-bond donors (Lipinski definition) is 1. The first-order valence-electron chi connectivity index (χ1n) is 6.39. The van der Waals surface area contributed by atoms with Crippen molar-refractivity contribution in [1.82, 2.24) is 24.8 Å². The van der Waals surface area contributed by atoms with Gasteiger partial charge in [0.1, 0.15) is 0 Å². The fourth-order valence-corrected chi connectivity index (χ4v) is 2.26. The lowest BCUT2D eigenvalue weighted by Crippen LogP contribution is -2.46. The first-order chi connectivity index (χ1) is 9.97. The van der Waals surface area contributed by atoms with Gasteiger partial charge in [0.2, 0.25) is 5.82 Å². The highest BCUT2D eigenvalue weighted by Gasteiger charge is 2.37. The number of halogens is 3. The number of piperazine rings is 1. The van der Waals surface area contributed by atoms with E-state index in [-0.39, 0.29) is 17.1 Å². The third kappa shape index (κ3) is 2.56. The number of rotatable bonds is 1. The third-order valence-corrected chi connectivity index (χ3v) is 3.31. The zero-order valence-corrected chi connectivity index (χ0v) is 10.9. The van der Waals surface area contributed by atoms with Crippen LogP contribution in [0.3, 0.4) is 0 Å². The van der Waals surface area contributed by atoms with Gasteiger partial charge in [-0.3, -0.25) is 9.20 Å². The van der Waals surface area contributed by atoms with Gasteiger partial charge in [-0.25, -0.2) is 0 Å². The molecule has 1 N–H and O–H groups in total. The van der Waals surface area contributed by atoms with Crippen LogP contribution in [0.15, 0.2) is 18.3 Å². The Morgan fingerprint density at radius 3 is 2.57 bits per heavy atom. The van der Waals surface area contributed by atoms with Crippen molar-refractivity contribution in [3.05, 3.63) is 29.7 Å². The van der Waals surface area contributed by atoms with Gasteiger partial charge in [-0.15, -0.1) is 10.2 Å². The molecule has 21 heavy (non-hydrogen) atoms. The fourth-order valence-electron chi connectivity index (χ4n) is 2.26. The molecule has 1 amide bonds. The number of amides is 1. The number of hydrogen-bond acceptors (Lipinski definition) is 4. The zero-order valence-electron chi connectivity index (χ0n) is 10.9. The molecule has 9 heteroatoms. The molecule has 6 nitrogen and oxygen atoms in total. The van der Waals surface area contributed by atoms with E-state index < -0.39 is 12.0 Å². The smallest absolute Gasteiger partial charge is 0.336 e. The van der Waals surface area contributed by atoms with Gasteiger partial charge in [-0.1, -0.05) is 0 Å². The summed E-state index contributed by atoms with van der Waals surface area (Å²) in [6.07, 6.45) is -3.47. The standard InChI is InChI=1S/C12H12F3N5O/c13-12(14,15)11-18-17-9-2-1-8(7-20(9)11)10(21)19-5-3-16-4-6-19/h1-2,7,16H,3-6H2. The largest absolute Gasteiger partial charge is 0.452 e. The number of carbonyl (C=O) groups excluding carboxylic acids is 1. The molecule has 0 radical (unpaired) electrons. The van der Waals surface area contributed by atoms with E-state index in [9.17, 15) is 18.0 Å². The third-order valence-electron chi connectivity index (χ3n) is 3.31. The topological polar surface area (TPSA) is 62.5 Å². The molecule has 0 spiro atoms. The maximum Gasteiger partial charge on any atom is 0.452 e. The second-order valence-electron chi connectivity index (χ2n) is 4.71. The van der Waals surface area contributed by atoms with Gasteiger partial charge in [-0.05, 0) is 12.1 Å². The van der Waals surface area contributed by atoms with Crippen molar-refractivity contribution in [3.8, 4) is 0 Å². The molecule has 0 atom stereocenters. The van der Waals surface area contributed by atoms with Gasteiger partial charge in [0.15, 0.2) is 5.65 Å². The molecule has 0 bridgehead atoms. The molecule has 0 saturated carbocycles. The Bertz CT molecular complexity index is 675. The number of aromatic nitrogens is 3. The van der Waals surface area contributed by atoms with E-state index in [1.807, 2.05) is 0 Å². The van der Waals surface area contributed by atoms with Gasteiger partial charge in [0.25, 0.3) is 5.91 Å². The highest BCUT2D eigenvalue weighted by Crippen LogP contribution is 2.28. The number of nitrogens with zero attached hydrogens (tertiary/aromatic N) is 4. The molecule has 2 aromatic heterocycles. The molecule has 3 heterocycles. The van der Waals surface area contributed by atoms with Crippen LogP contribution in [0.5, 0.6) is 0 Å². The molecule has 0 aliphatic carbocycles. The second kappa shape index (κ2) is 4.99. The van der Waals surface area contributed by atoms with Gasteiger partial charge >= 0.3 is 6.18 Å². The van der Waals surface area contributed by atoms with Crippen molar-refractivity contribution in [2.45, 2.75) is 6.18 Å². The molecule has 0 aromatic carbocycles. The van der Waals surface area contributed by atoms with Crippen LogP contribution in [0.25, 0.3) is 5.65 Å². The fraction of sp³-hybridized carbons (Fsp3) is 0.417. The normalized spacial score (nSPS) is 16.4. The average Bonchev–Trinajstić information content (AvgIpc) is 2.90. The lowest BCUT2D eigenvalue weighted by molar-refractivity contribution is -0.145. The second-order valence-corrected chi connectivity index (χ2v) is 4.71. The molecule has 1 saturated heterocycles. The molecule has 3 rings (SSSR count). The van der Waals surface area contributed by atoms with E-state index in [1.165, 1.54) is 12.1 Å². The maximum absolute atomic E-state index is 12.8. The summed E-state index contributed by atoms with van der Waals surface area (Å²) in [6, 6.07) is 2.83. The Morgan fingerprint density at radius 1 is 1.19 bits per heavy atom. The maximum atomic E-state index is 12.8. The highest BCUT2D eigenvalue weighted by atomic mass is 19.4. The van der Waals surface area contributed by atoms with Crippen molar-refractivity contribution >= 4 is 11.6 Å². The Balaban J connectivity index is 1.98. The first kappa shape index (κ1) is 13.8. The first-order valence-corrected chi connectivity index (χ1v) is 6.39. The Kier molecular flexibility index (Phi) is 3.28. The van der Waals surface area contributed by atoms with E-state index in [0.717, 1.165) is 10.6 Å². The number of nitrogens with one attached hydrogen (secondary N) is 1. The summed E-state index contributed by atoms with van der Waals surface area (Å²) in [5.74, 6) is -1.42. The molecule has 112 valence electrons. The van der Waals surface area contributed by atoms with Gasteiger partial charge < -0.3 is 10.2 Å². The molecule has 0 unspecified atom stereocenters. The number of pyridine rings is 1. The van der Waals surface area contributed by atoms with Crippen LogP contribution in [0.1, 0.15) is 16.2 Å². The minimum absolute atomic E-state index is 0.0548. The summed E-state index contributed by atoms with van der Waals surface area (Å²) in [4.78, 5) is 13.9. The minimum Gasteiger partial charge on any atom is -0.336 e. The van der Waals surface area contributed by atoms with Crippen molar-refractivity contribution in [2.24, 2.45) is 0 Å². The zero-order chi connectivity index (χ0) is 15.0. The van der Waals surface area contributed by atoms with Crippen molar-refractivity contribution in [2.75, 3.05) is 26.2 Å².